The number of likely N-dealkylation sites (N-methyl/N-ethyl adjacent to an activating group) is 1. The topological polar surface area (TPSA) is 58.4 Å². The minimum absolute atomic E-state index is 0. The molecule has 3 N–H and O–H groups in total. The molecule has 0 aromatic carbocycles. The van der Waals surface area contributed by atoms with Gasteiger partial charge < -0.3 is 16.0 Å². The number of nitrogens with one attached hydrogen (secondary N) is 1. The van der Waals surface area contributed by atoms with Crippen LogP contribution in [0.5, 0.6) is 0 Å². The van der Waals surface area contributed by atoms with Crippen molar-refractivity contribution in [2.24, 2.45) is 5.73 Å². The lowest BCUT2D eigenvalue weighted by molar-refractivity contribution is -0.129. The maximum absolute atomic E-state index is 11.5. The fraction of sp³-hybridized carbons (Fsp3) is 0.889. The standard InChI is InChI=1S/C9H19N3O.2ClH/c1-12(2)7-6-11-8(13)9(10)4-3-5-9;;/h3-7,10H2,1-2H3,(H,11,13);2*1H. The van der Waals surface area contributed by atoms with Crippen LogP contribution >= 0.6 is 24.8 Å². The Morgan fingerprint density at radius 3 is 2.27 bits per heavy atom. The molecule has 0 bridgehead atoms. The number of hydrogen-bond acceptors (Lipinski definition) is 3. The zero-order chi connectivity index (χ0) is 9.90. The van der Waals surface area contributed by atoms with E-state index in [4.69, 9.17) is 5.73 Å². The second kappa shape index (κ2) is 7.28. The molecular formula is C9H21Cl2N3O. The first-order valence-electron chi connectivity index (χ1n) is 4.76. The Balaban J connectivity index is 0. The molecule has 92 valence electrons. The summed E-state index contributed by atoms with van der Waals surface area (Å²) in [6, 6.07) is 0. The number of carbonyl (C=O) groups excluding carboxylic acids is 1. The summed E-state index contributed by atoms with van der Waals surface area (Å²) in [5, 5.41) is 2.85. The number of rotatable bonds is 4. The van der Waals surface area contributed by atoms with Gasteiger partial charge in [-0.05, 0) is 33.4 Å². The molecule has 0 aliphatic heterocycles. The van der Waals surface area contributed by atoms with E-state index in [1.165, 1.54) is 0 Å². The van der Waals surface area contributed by atoms with Crippen LogP contribution in [0.3, 0.4) is 0 Å². The van der Waals surface area contributed by atoms with Crippen molar-refractivity contribution in [3.63, 3.8) is 0 Å². The second-order valence-electron chi connectivity index (χ2n) is 4.07. The van der Waals surface area contributed by atoms with Crippen molar-refractivity contribution in [3.05, 3.63) is 0 Å². The van der Waals surface area contributed by atoms with E-state index in [0.29, 0.717) is 6.54 Å². The van der Waals surface area contributed by atoms with E-state index in [2.05, 4.69) is 5.32 Å². The third-order valence-electron chi connectivity index (χ3n) is 2.54. The summed E-state index contributed by atoms with van der Waals surface area (Å²) in [4.78, 5) is 13.5. The molecule has 0 radical (unpaired) electrons. The molecule has 15 heavy (non-hydrogen) atoms. The van der Waals surface area contributed by atoms with Crippen molar-refractivity contribution in [1.29, 1.82) is 0 Å². The highest BCUT2D eigenvalue weighted by atomic mass is 35.5. The summed E-state index contributed by atoms with van der Waals surface area (Å²) in [6.45, 7) is 1.55. The van der Waals surface area contributed by atoms with E-state index in [-0.39, 0.29) is 30.7 Å². The van der Waals surface area contributed by atoms with Crippen molar-refractivity contribution in [2.45, 2.75) is 24.8 Å². The molecule has 1 rings (SSSR count). The minimum atomic E-state index is -0.549. The molecule has 0 aromatic heterocycles. The number of carbonyl (C=O) groups is 1. The van der Waals surface area contributed by atoms with Crippen molar-refractivity contribution >= 4 is 30.7 Å². The lowest BCUT2D eigenvalue weighted by atomic mass is 9.77. The first-order chi connectivity index (χ1) is 6.04. The number of nitrogens with two attached hydrogens (primary N) is 1. The number of halogens is 2. The summed E-state index contributed by atoms with van der Waals surface area (Å²) >= 11 is 0. The van der Waals surface area contributed by atoms with Gasteiger partial charge in [-0.1, -0.05) is 0 Å². The summed E-state index contributed by atoms with van der Waals surface area (Å²) < 4.78 is 0. The molecule has 0 aromatic rings. The molecule has 1 fully saturated rings. The van der Waals surface area contributed by atoms with Crippen molar-refractivity contribution in [2.75, 3.05) is 27.2 Å². The molecule has 1 amide bonds. The SMILES string of the molecule is CN(C)CCNC(=O)C1(N)CCC1.Cl.Cl. The number of nitrogens with zero attached hydrogens (tertiary/aromatic N) is 1. The molecule has 1 saturated carbocycles. The van der Waals surface area contributed by atoms with Gasteiger partial charge in [0.05, 0.1) is 5.54 Å². The van der Waals surface area contributed by atoms with Gasteiger partial charge in [0.15, 0.2) is 0 Å². The van der Waals surface area contributed by atoms with Gasteiger partial charge in [-0.15, -0.1) is 24.8 Å². The van der Waals surface area contributed by atoms with Gasteiger partial charge in [0.2, 0.25) is 5.91 Å². The van der Waals surface area contributed by atoms with Crippen LogP contribution < -0.4 is 11.1 Å². The maximum atomic E-state index is 11.5. The zero-order valence-corrected chi connectivity index (χ0v) is 10.9. The normalized spacial score (nSPS) is 17.1. The molecule has 0 spiro atoms. The van der Waals surface area contributed by atoms with E-state index >= 15 is 0 Å². The molecular weight excluding hydrogens is 237 g/mol. The average Bonchev–Trinajstić information content (AvgIpc) is 1.99. The number of hydrogen-bond donors (Lipinski definition) is 2. The van der Waals surface area contributed by atoms with Crippen LogP contribution in [0.25, 0.3) is 0 Å². The molecule has 4 nitrogen and oxygen atoms in total. The highest BCUT2D eigenvalue weighted by Crippen LogP contribution is 2.28. The predicted molar refractivity (Wildman–Crippen MR) is 66.8 cm³/mol. The van der Waals surface area contributed by atoms with Crippen LogP contribution in [0.1, 0.15) is 19.3 Å². The Hall–Kier alpha value is -0.0300. The fourth-order valence-corrected chi connectivity index (χ4v) is 1.35. The maximum Gasteiger partial charge on any atom is 0.240 e. The van der Waals surface area contributed by atoms with Crippen LogP contribution in [0, 0.1) is 0 Å². The largest absolute Gasteiger partial charge is 0.353 e. The highest BCUT2D eigenvalue weighted by Gasteiger charge is 2.39. The van der Waals surface area contributed by atoms with Gasteiger partial charge in [0, 0.05) is 13.1 Å². The monoisotopic (exact) mass is 257 g/mol. The molecule has 0 atom stereocenters. The molecule has 0 heterocycles. The lowest BCUT2D eigenvalue weighted by Gasteiger charge is -2.36. The minimum Gasteiger partial charge on any atom is -0.353 e. The van der Waals surface area contributed by atoms with Gasteiger partial charge in [0.1, 0.15) is 0 Å². The lowest BCUT2D eigenvalue weighted by Crippen LogP contribution is -2.59. The molecule has 0 unspecified atom stereocenters. The van der Waals surface area contributed by atoms with Crippen LogP contribution in [-0.2, 0) is 4.79 Å². The Labute approximate surface area is 104 Å². The Morgan fingerprint density at radius 2 is 1.93 bits per heavy atom. The highest BCUT2D eigenvalue weighted by molar-refractivity contribution is 5.87. The zero-order valence-electron chi connectivity index (χ0n) is 9.28. The molecule has 1 aliphatic rings. The molecule has 0 saturated heterocycles. The van der Waals surface area contributed by atoms with Gasteiger partial charge in [0.25, 0.3) is 0 Å². The third-order valence-corrected chi connectivity index (χ3v) is 2.54. The summed E-state index contributed by atoms with van der Waals surface area (Å²) in [5.41, 5.74) is 5.29. The number of amides is 1. The van der Waals surface area contributed by atoms with Gasteiger partial charge >= 0.3 is 0 Å². The molecule has 6 heteroatoms. The average molecular weight is 258 g/mol. The Kier molecular flexibility index (Phi) is 8.43. The van der Waals surface area contributed by atoms with E-state index in [9.17, 15) is 4.79 Å². The molecule has 1 aliphatic carbocycles. The van der Waals surface area contributed by atoms with E-state index in [1.807, 2.05) is 19.0 Å². The van der Waals surface area contributed by atoms with Crippen molar-refractivity contribution < 1.29 is 4.79 Å². The van der Waals surface area contributed by atoms with Crippen LogP contribution in [0.4, 0.5) is 0 Å². The van der Waals surface area contributed by atoms with Gasteiger partial charge in [-0.25, -0.2) is 0 Å². The van der Waals surface area contributed by atoms with E-state index < -0.39 is 5.54 Å². The van der Waals surface area contributed by atoms with E-state index in [1.54, 1.807) is 0 Å². The first-order valence-corrected chi connectivity index (χ1v) is 4.76. The van der Waals surface area contributed by atoms with Crippen molar-refractivity contribution in [1.82, 2.24) is 10.2 Å². The van der Waals surface area contributed by atoms with Gasteiger partial charge in [-0.3, -0.25) is 4.79 Å². The smallest absolute Gasteiger partial charge is 0.240 e. The van der Waals surface area contributed by atoms with E-state index in [0.717, 1.165) is 25.8 Å². The fourth-order valence-electron chi connectivity index (χ4n) is 1.35. The predicted octanol–water partition coefficient (Wildman–Crippen LogP) is 0.389. The summed E-state index contributed by atoms with van der Waals surface area (Å²) in [7, 11) is 3.96. The second-order valence-corrected chi connectivity index (χ2v) is 4.07. The summed E-state index contributed by atoms with van der Waals surface area (Å²) in [5.74, 6) is 0.0144. The van der Waals surface area contributed by atoms with Gasteiger partial charge in [-0.2, -0.15) is 0 Å². The van der Waals surface area contributed by atoms with Crippen LogP contribution in [-0.4, -0.2) is 43.5 Å². The van der Waals surface area contributed by atoms with Crippen molar-refractivity contribution in [3.8, 4) is 0 Å². The Bertz CT molecular complexity index is 196. The third kappa shape index (κ3) is 5.02. The summed E-state index contributed by atoms with van der Waals surface area (Å²) in [6.07, 6.45) is 2.75. The Morgan fingerprint density at radius 1 is 1.40 bits per heavy atom. The quantitative estimate of drug-likeness (QED) is 0.767. The van der Waals surface area contributed by atoms with Crippen LogP contribution in [0.2, 0.25) is 0 Å². The first kappa shape index (κ1) is 17.4. The van der Waals surface area contributed by atoms with Crippen LogP contribution in [0.15, 0.2) is 0 Å².